The van der Waals surface area contributed by atoms with Crippen molar-refractivity contribution in [3.8, 4) is 5.75 Å². The van der Waals surface area contributed by atoms with Gasteiger partial charge in [0.15, 0.2) is 0 Å². The first kappa shape index (κ1) is 23.3. The Morgan fingerprint density at radius 1 is 1.14 bits per heavy atom. The average molecular weight is 485 g/mol. The van der Waals surface area contributed by atoms with Crippen molar-refractivity contribution in [3.63, 3.8) is 0 Å². The van der Waals surface area contributed by atoms with E-state index in [1.165, 1.54) is 12.0 Å². The van der Waals surface area contributed by atoms with Crippen LogP contribution in [0.5, 0.6) is 5.75 Å². The van der Waals surface area contributed by atoms with E-state index in [-0.39, 0.29) is 24.0 Å². The molecule has 3 heterocycles. The summed E-state index contributed by atoms with van der Waals surface area (Å²) < 4.78 is 10.5. The molecule has 1 aromatic heterocycles. The van der Waals surface area contributed by atoms with Gasteiger partial charge in [0, 0.05) is 30.9 Å². The lowest BCUT2D eigenvalue weighted by Crippen LogP contribution is -2.29. The molecular formula is C28H24N2O6. The van der Waals surface area contributed by atoms with E-state index in [1.807, 2.05) is 13.0 Å². The summed E-state index contributed by atoms with van der Waals surface area (Å²) in [6.07, 6.45) is 3.96. The Hall–Kier alpha value is -4.46. The summed E-state index contributed by atoms with van der Waals surface area (Å²) in [6.45, 7) is 2.08. The first-order valence-electron chi connectivity index (χ1n) is 11.5. The van der Waals surface area contributed by atoms with Crippen LogP contribution in [0, 0.1) is 0 Å². The largest absolute Gasteiger partial charge is 0.507 e. The third-order valence-electron chi connectivity index (χ3n) is 6.43. The fourth-order valence-corrected chi connectivity index (χ4v) is 4.72. The number of likely N-dealkylation sites (tertiary alicyclic amines) is 1. The average Bonchev–Trinajstić information content (AvgIpc) is 3.39. The highest BCUT2D eigenvalue weighted by molar-refractivity contribution is 6.46. The summed E-state index contributed by atoms with van der Waals surface area (Å²) in [5, 5.41) is 11.4. The predicted molar refractivity (Wildman–Crippen MR) is 130 cm³/mol. The van der Waals surface area contributed by atoms with E-state index < -0.39 is 23.7 Å². The van der Waals surface area contributed by atoms with Crippen molar-refractivity contribution < 1.29 is 29.0 Å². The minimum absolute atomic E-state index is 0.0124. The zero-order valence-corrected chi connectivity index (χ0v) is 19.8. The number of methoxy groups -OCH3 is 1. The molecule has 0 spiro atoms. The van der Waals surface area contributed by atoms with Crippen LogP contribution in [0.25, 0.3) is 5.76 Å². The van der Waals surface area contributed by atoms with Crippen molar-refractivity contribution in [3.05, 3.63) is 100 Å². The number of aliphatic hydroxyl groups is 1. The lowest BCUT2D eigenvalue weighted by molar-refractivity contribution is -0.140. The van der Waals surface area contributed by atoms with Gasteiger partial charge in [-0.3, -0.25) is 14.6 Å². The Balaban J connectivity index is 1.62. The number of aromatic nitrogens is 1. The standard InChI is InChI=1S/C28H24N2O6/c1-16-12-21-13-20(9-10-22(21)36-16)25(31)23-24(18-5-7-19(8-6-18)28(34)35-2)30(27(33)26(23)32)15-17-4-3-11-29-14-17/h3-11,13-14,16,24,31H,12,15H2,1-2H3/t16-,24-/m0/s1. The van der Waals surface area contributed by atoms with Gasteiger partial charge in [-0.15, -0.1) is 0 Å². The van der Waals surface area contributed by atoms with Gasteiger partial charge < -0.3 is 19.5 Å². The molecule has 8 heteroatoms. The Kier molecular flexibility index (Phi) is 6.01. The molecule has 3 aromatic rings. The number of nitrogens with zero attached hydrogens (tertiary/aromatic N) is 2. The Bertz CT molecular complexity index is 1380. The SMILES string of the molecule is COC(=O)c1ccc([C@H]2C(=C(O)c3ccc4c(c3)C[C@H](C)O4)C(=O)C(=O)N2Cc2cccnc2)cc1. The van der Waals surface area contributed by atoms with Gasteiger partial charge in [-0.05, 0) is 60.0 Å². The molecule has 182 valence electrons. The maximum Gasteiger partial charge on any atom is 0.337 e. The van der Waals surface area contributed by atoms with Crippen LogP contribution in [-0.4, -0.2) is 45.9 Å². The van der Waals surface area contributed by atoms with Crippen LogP contribution >= 0.6 is 0 Å². The number of ether oxygens (including phenoxy) is 2. The van der Waals surface area contributed by atoms with Crippen molar-refractivity contribution in [1.29, 1.82) is 0 Å². The second-order valence-corrected chi connectivity index (χ2v) is 8.86. The number of rotatable bonds is 5. The first-order valence-corrected chi connectivity index (χ1v) is 11.5. The van der Waals surface area contributed by atoms with E-state index in [0.29, 0.717) is 23.1 Å². The summed E-state index contributed by atoms with van der Waals surface area (Å²) in [4.78, 5) is 43.9. The number of esters is 1. The molecule has 0 bridgehead atoms. The number of amides is 1. The third kappa shape index (κ3) is 4.11. The Morgan fingerprint density at radius 3 is 2.58 bits per heavy atom. The minimum Gasteiger partial charge on any atom is -0.507 e. The number of carbonyl (C=O) groups excluding carboxylic acids is 3. The number of aliphatic hydroxyl groups excluding tert-OH is 1. The molecule has 1 fully saturated rings. The van der Waals surface area contributed by atoms with Gasteiger partial charge in [-0.2, -0.15) is 0 Å². The van der Waals surface area contributed by atoms with Crippen molar-refractivity contribution in [1.82, 2.24) is 9.88 Å². The second kappa shape index (κ2) is 9.30. The fourth-order valence-electron chi connectivity index (χ4n) is 4.72. The predicted octanol–water partition coefficient (Wildman–Crippen LogP) is 3.81. The number of carbonyl (C=O) groups is 3. The molecule has 0 radical (unpaired) electrons. The molecule has 2 aliphatic heterocycles. The van der Waals surface area contributed by atoms with Crippen LogP contribution in [-0.2, 0) is 27.3 Å². The number of hydrogen-bond acceptors (Lipinski definition) is 7. The molecular weight excluding hydrogens is 460 g/mol. The van der Waals surface area contributed by atoms with Crippen LogP contribution < -0.4 is 4.74 Å². The molecule has 5 rings (SSSR count). The van der Waals surface area contributed by atoms with Gasteiger partial charge in [0.05, 0.1) is 24.3 Å². The number of ketones is 1. The Labute approximate surface area is 207 Å². The lowest BCUT2D eigenvalue weighted by Gasteiger charge is -2.25. The summed E-state index contributed by atoms with van der Waals surface area (Å²) in [7, 11) is 1.29. The molecule has 0 unspecified atom stereocenters. The number of hydrogen-bond donors (Lipinski definition) is 1. The van der Waals surface area contributed by atoms with E-state index in [4.69, 9.17) is 9.47 Å². The lowest BCUT2D eigenvalue weighted by atomic mass is 9.94. The molecule has 1 N–H and O–H groups in total. The molecule has 36 heavy (non-hydrogen) atoms. The van der Waals surface area contributed by atoms with Gasteiger partial charge in [-0.1, -0.05) is 18.2 Å². The zero-order valence-electron chi connectivity index (χ0n) is 19.8. The molecule has 0 aliphatic carbocycles. The quantitative estimate of drug-likeness (QED) is 0.254. The number of benzene rings is 2. The van der Waals surface area contributed by atoms with Crippen molar-refractivity contribution in [2.45, 2.75) is 32.0 Å². The van der Waals surface area contributed by atoms with Crippen LogP contribution in [0.2, 0.25) is 0 Å². The number of fused-ring (bicyclic) bond motifs is 1. The zero-order chi connectivity index (χ0) is 25.4. The van der Waals surface area contributed by atoms with Gasteiger partial charge >= 0.3 is 5.97 Å². The number of pyridine rings is 1. The third-order valence-corrected chi connectivity index (χ3v) is 6.43. The second-order valence-electron chi connectivity index (χ2n) is 8.86. The maximum atomic E-state index is 13.3. The van der Waals surface area contributed by atoms with Crippen molar-refractivity contribution >= 4 is 23.4 Å². The molecule has 2 atom stereocenters. The van der Waals surface area contributed by atoms with Gasteiger partial charge in [0.25, 0.3) is 11.7 Å². The first-order chi connectivity index (χ1) is 17.4. The normalized spacial score (nSPS) is 20.2. The van der Waals surface area contributed by atoms with Crippen LogP contribution in [0.15, 0.2) is 72.6 Å². The van der Waals surface area contributed by atoms with Crippen molar-refractivity contribution in [2.75, 3.05) is 7.11 Å². The Morgan fingerprint density at radius 2 is 1.89 bits per heavy atom. The van der Waals surface area contributed by atoms with Crippen LogP contribution in [0.1, 0.15) is 45.6 Å². The highest BCUT2D eigenvalue weighted by Gasteiger charge is 2.46. The van der Waals surface area contributed by atoms with Crippen molar-refractivity contribution in [2.24, 2.45) is 0 Å². The van der Waals surface area contributed by atoms with Crippen LogP contribution in [0.4, 0.5) is 0 Å². The number of Topliss-reactive ketones (excluding diaryl/α,β-unsaturated/α-hetero) is 1. The summed E-state index contributed by atoms with van der Waals surface area (Å²) in [5.41, 5.74) is 2.99. The summed E-state index contributed by atoms with van der Waals surface area (Å²) in [6, 6.07) is 14.4. The molecule has 2 aromatic carbocycles. The maximum absolute atomic E-state index is 13.3. The summed E-state index contributed by atoms with van der Waals surface area (Å²) in [5.74, 6) is -1.51. The van der Waals surface area contributed by atoms with Crippen LogP contribution in [0.3, 0.4) is 0 Å². The van der Waals surface area contributed by atoms with Gasteiger partial charge in [-0.25, -0.2) is 4.79 Å². The van der Waals surface area contributed by atoms with E-state index >= 15 is 0 Å². The topological polar surface area (TPSA) is 106 Å². The smallest absolute Gasteiger partial charge is 0.337 e. The van der Waals surface area contributed by atoms with E-state index in [0.717, 1.165) is 16.9 Å². The molecule has 2 aliphatic rings. The fraction of sp³-hybridized carbons (Fsp3) is 0.214. The minimum atomic E-state index is -0.861. The van der Waals surface area contributed by atoms with E-state index in [1.54, 1.807) is 60.9 Å². The monoisotopic (exact) mass is 484 g/mol. The molecule has 1 amide bonds. The van der Waals surface area contributed by atoms with E-state index in [9.17, 15) is 19.5 Å². The summed E-state index contributed by atoms with van der Waals surface area (Å²) >= 11 is 0. The molecule has 1 saturated heterocycles. The molecule has 8 nitrogen and oxygen atoms in total. The highest BCUT2D eigenvalue weighted by atomic mass is 16.5. The molecule has 0 saturated carbocycles. The van der Waals surface area contributed by atoms with Gasteiger partial charge in [0.1, 0.15) is 17.6 Å². The van der Waals surface area contributed by atoms with E-state index in [2.05, 4.69) is 4.98 Å². The van der Waals surface area contributed by atoms with Gasteiger partial charge in [0.2, 0.25) is 0 Å². The highest BCUT2D eigenvalue weighted by Crippen LogP contribution is 2.41.